The van der Waals surface area contributed by atoms with Gasteiger partial charge in [-0.3, -0.25) is 0 Å². The lowest BCUT2D eigenvalue weighted by Crippen LogP contribution is -2.37. The van der Waals surface area contributed by atoms with E-state index < -0.39 is 5.97 Å². The average Bonchev–Trinajstić information content (AvgIpc) is 2.21. The van der Waals surface area contributed by atoms with Gasteiger partial charge in [0, 0.05) is 12.6 Å². The Labute approximate surface area is 89.8 Å². The molecule has 1 saturated heterocycles. The van der Waals surface area contributed by atoms with Gasteiger partial charge in [-0.1, -0.05) is 6.92 Å². The second-order valence-electron chi connectivity index (χ2n) is 3.89. The normalized spacial score (nSPS) is 25.8. The van der Waals surface area contributed by atoms with Gasteiger partial charge in [0.1, 0.15) is 11.6 Å². The molecule has 4 nitrogen and oxygen atoms in total. The van der Waals surface area contributed by atoms with E-state index in [1.807, 2.05) is 7.05 Å². The van der Waals surface area contributed by atoms with Crippen LogP contribution in [0, 0.1) is 11.3 Å². The van der Waals surface area contributed by atoms with Crippen molar-refractivity contribution in [1.29, 1.82) is 5.26 Å². The third kappa shape index (κ3) is 2.57. The molecule has 1 N–H and O–H groups in total. The van der Waals surface area contributed by atoms with Crippen molar-refractivity contribution in [1.82, 2.24) is 4.90 Å². The zero-order valence-corrected chi connectivity index (χ0v) is 9.16. The lowest BCUT2D eigenvalue weighted by molar-refractivity contribution is -0.132. The topological polar surface area (TPSA) is 64.3 Å². The number of rotatable bonds is 2. The summed E-state index contributed by atoms with van der Waals surface area (Å²) >= 11 is 0. The van der Waals surface area contributed by atoms with Crippen LogP contribution in [-0.4, -0.2) is 35.6 Å². The van der Waals surface area contributed by atoms with Crippen molar-refractivity contribution in [3.8, 4) is 6.07 Å². The number of likely N-dealkylation sites (tertiary alicyclic amines) is 1. The van der Waals surface area contributed by atoms with Gasteiger partial charge < -0.3 is 10.0 Å². The number of hydrogen-bond donors (Lipinski definition) is 1. The van der Waals surface area contributed by atoms with Crippen LogP contribution < -0.4 is 0 Å². The van der Waals surface area contributed by atoms with Crippen LogP contribution in [0.5, 0.6) is 0 Å². The average molecular weight is 208 g/mol. The molecule has 4 heteroatoms. The third-order valence-corrected chi connectivity index (χ3v) is 3.02. The van der Waals surface area contributed by atoms with Crippen molar-refractivity contribution in [2.45, 2.75) is 32.2 Å². The molecule has 1 fully saturated rings. The summed E-state index contributed by atoms with van der Waals surface area (Å²) in [5.41, 5.74) is 0.747. The predicted molar refractivity (Wildman–Crippen MR) is 56.2 cm³/mol. The van der Waals surface area contributed by atoms with E-state index in [-0.39, 0.29) is 5.57 Å². The van der Waals surface area contributed by atoms with Gasteiger partial charge in [0.05, 0.1) is 0 Å². The van der Waals surface area contributed by atoms with E-state index in [1.54, 1.807) is 6.07 Å². The highest BCUT2D eigenvalue weighted by molar-refractivity contribution is 5.92. The number of hydrogen-bond acceptors (Lipinski definition) is 3. The van der Waals surface area contributed by atoms with E-state index in [0.29, 0.717) is 18.9 Å². The summed E-state index contributed by atoms with van der Waals surface area (Å²) in [7, 11) is 2.04. The molecule has 1 rings (SSSR count). The molecule has 0 spiro atoms. The van der Waals surface area contributed by atoms with Gasteiger partial charge in [0.25, 0.3) is 0 Å². The Bertz CT molecular complexity index is 328. The van der Waals surface area contributed by atoms with E-state index in [2.05, 4.69) is 11.8 Å². The molecule has 1 unspecified atom stereocenters. The number of nitriles is 1. The van der Waals surface area contributed by atoms with Crippen molar-refractivity contribution >= 4 is 5.97 Å². The minimum atomic E-state index is -1.09. The molecule has 15 heavy (non-hydrogen) atoms. The minimum Gasteiger partial charge on any atom is -0.477 e. The standard InChI is InChI=1S/C11H16N2O2/c1-3-9-6-8(4-5-13(9)2)10(7-12)11(14)15/h9H,3-6H2,1-2H3,(H,14,15). The maximum absolute atomic E-state index is 10.8. The van der Waals surface area contributed by atoms with Crippen molar-refractivity contribution in [3.63, 3.8) is 0 Å². The second-order valence-corrected chi connectivity index (χ2v) is 3.89. The van der Waals surface area contributed by atoms with Crippen molar-refractivity contribution in [2.24, 2.45) is 0 Å². The van der Waals surface area contributed by atoms with Crippen molar-refractivity contribution in [2.75, 3.05) is 13.6 Å². The van der Waals surface area contributed by atoms with Crippen LogP contribution in [0.4, 0.5) is 0 Å². The van der Waals surface area contributed by atoms with Crippen molar-refractivity contribution < 1.29 is 9.90 Å². The first-order valence-corrected chi connectivity index (χ1v) is 5.15. The van der Waals surface area contributed by atoms with E-state index in [9.17, 15) is 4.79 Å². The smallest absolute Gasteiger partial charge is 0.346 e. The summed E-state index contributed by atoms with van der Waals surface area (Å²) in [5.74, 6) is -1.09. The van der Waals surface area contributed by atoms with Crippen LogP contribution in [-0.2, 0) is 4.79 Å². The Balaban J connectivity index is 2.90. The van der Waals surface area contributed by atoms with E-state index >= 15 is 0 Å². The van der Waals surface area contributed by atoms with Gasteiger partial charge in [0.2, 0.25) is 0 Å². The molecular formula is C11H16N2O2. The van der Waals surface area contributed by atoms with Gasteiger partial charge in [-0.05, 0) is 31.9 Å². The monoisotopic (exact) mass is 208 g/mol. The first-order chi connectivity index (χ1) is 7.10. The molecule has 0 radical (unpaired) electrons. The zero-order valence-electron chi connectivity index (χ0n) is 9.16. The Morgan fingerprint density at radius 1 is 1.73 bits per heavy atom. The van der Waals surface area contributed by atoms with E-state index in [0.717, 1.165) is 18.5 Å². The predicted octanol–water partition coefficient (Wildman–Crippen LogP) is 1.40. The number of carbonyl (C=O) groups is 1. The Hall–Kier alpha value is -1.34. The lowest BCUT2D eigenvalue weighted by atomic mass is 9.92. The van der Waals surface area contributed by atoms with Crippen LogP contribution in [0.2, 0.25) is 0 Å². The summed E-state index contributed by atoms with van der Waals surface area (Å²) in [6, 6.07) is 2.16. The Kier molecular flexibility index (Phi) is 3.87. The van der Waals surface area contributed by atoms with Gasteiger partial charge in [-0.15, -0.1) is 0 Å². The number of piperidine rings is 1. The molecule has 1 aliphatic heterocycles. The fourth-order valence-corrected chi connectivity index (χ4v) is 2.00. The van der Waals surface area contributed by atoms with Gasteiger partial charge in [0.15, 0.2) is 0 Å². The highest BCUT2D eigenvalue weighted by Gasteiger charge is 2.24. The highest BCUT2D eigenvalue weighted by atomic mass is 16.4. The molecule has 82 valence electrons. The fraction of sp³-hybridized carbons (Fsp3) is 0.636. The number of carboxylic acids is 1. The lowest BCUT2D eigenvalue weighted by Gasteiger charge is -2.33. The molecule has 1 heterocycles. The van der Waals surface area contributed by atoms with Crippen LogP contribution >= 0.6 is 0 Å². The summed E-state index contributed by atoms with van der Waals surface area (Å²) in [4.78, 5) is 13.0. The molecule has 0 aromatic heterocycles. The summed E-state index contributed by atoms with van der Waals surface area (Å²) < 4.78 is 0. The second kappa shape index (κ2) is 4.94. The number of aliphatic carboxylic acids is 1. The molecule has 1 atom stereocenters. The molecule has 0 amide bonds. The van der Waals surface area contributed by atoms with Crippen LogP contribution in [0.1, 0.15) is 26.2 Å². The maximum atomic E-state index is 10.8. The van der Waals surface area contributed by atoms with Crippen LogP contribution in [0.25, 0.3) is 0 Å². The quantitative estimate of drug-likeness (QED) is 0.550. The molecule has 1 aliphatic rings. The maximum Gasteiger partial charge on any atom is 0.346 e. The van der Waals surface area contributed by atoms with Crippen molar-refractivity contribution in [3.05, 3.63) is 11.1 Å². The third-order valence-electron chi connectivity index (χ3n) is 3.02. The molecule has 0 aromatic carbocycles. The fourth-order valence-electron chi connectivity index (χ4n) is 2.00. The number of carboxylic acid groups (broad SMARTS) is 1. The first kappa shape index (κ1) is 11.7. The molecule has 0 aliphatic carbocycles. The molecule has 0 bridgehead atoms. The zero-order chi connectivity index (χ0) is 11.4. The van der Waals surface area contributed by atoms with Gasteiger partial charge >= 0.3 is 5.97 Å². The Morgan fingerprint density at radius 2 is 2.40 bits per heavy atom. The van der Waals surface area contributed by atoms with Gasteiger partial charge in [-0.2, -0.15) is 5.26 Å². The van der Waals surface area contributed by atoms with E-state index in [1.165, 1.54) is 0 Å². The highest BCUT2D eigenvalue weighted by Crippen LogP contribution is 2.25. The van der Waals surface area contributed by atoms with Gasteiger partial charge in [-0.25, -0.2) is 4.79 Å². The summed E-state index contributed by atoms with van der Waals surface area (Å²) in [6.45, 7) is 2.92. The minimum absolute atomic E-state index is 0.0541. The Morgan fingerprint density at radius 3 is 2.87 bits per heavy atom. The summed E-state index contributed by atoms with van der Waals surface area (Å²) in [6.07, 6.45) is 2.39. The molecule has 0 saturated carbocycles. The largest absolute Gasteiger partial charge is 0.477 e. The van der Waals surface area contributed by atoms with Crippen LogP contribution in [0.15, 0.2) is 11.1 Å². The first-order valence-electron chi connectivity index (χ1n) is 5.15. The molecule has 0 aromatic rings. The molecular weight excluding hydrogens is 192 g/mol. The SMILES string of the molecule is CCC1CC(=C(C#N)C(=O)O)CCN1C. The number of nitrogens with zero attached hydrogens (tertiary/aromatic N) is 2. The van der Waals surface area contributed by atoms with Crippen LogP contribution in [0.3, 0.4) is 0 Å². The van der Waals surface area contributed by atoms with E-state index in [4.69, 9.17) is 10.4 Å². The summed E-state index contributed by atoms with van der Waals surface area (Å²) in [5, 5.41) is 17.6.